The Morgan fingerprint density at radius 2 is 2.11 bits per heavy atom. The molecule has 1 aromatic rings. The average molecular weight is 270 g/mol. The van der Waals surface area contributed by atoms with Crippen molar-refractivity contribution in [1.29, 1.82) is 0 Å². The molecule has 0 saturated carbocycles. The van der Waals surface area contributed by atoms with E-state index in [1.165, 1.54) is 0 Å². The van der Waals surface area contributed by atoms with E-state index in [-0.39, 0.29) is 6.42 Å². The second-order valence-corrected chi connectivity index (χ2v) is 6.03. The number of hydrogen-bond acceptors (Lipinski definition) is 4. The number of hydrogen-bond donors (Lipinski definition) is 1. The molecule has 5 heteroatoms. The molecule has 1 N–H and O–H groups in total. The molecule has 4 nitrogen and oxygen atoms in total. The minimum atomic E-state index is -0.760. The van der Waals surface area contributed by atoms with E-state index in [0.717, 1.165) is 17.4 Å². The molecule has 0 aliphatic rings. The number of carboxylic acid groups (broad SMARTS) is 1. The van der Waals surface area contributed by atoms with Gasteiger partial charge in [-0.2, -0.15) is 0 Å². The van der Waals surface area contributed by atoms with Gasteiger partial charge < -0.3 is 10.0 Å². The van der Waals surface area contributed by atoms with Crippen LogP contribution in [0.5, 0.6) is 0 Å². The summed E-state index contributed by atoms with van der Waals surface area (Å²) in [5, 5.41) is 11.8. The number of carbonyl (C=O) groups is 1. The topological polar surface area (TPSA) is 53.4 Å². The van der Waals surface area contributed by atoms with Gasteiger partial charge in [0.05, 0.1) is 12.1 Å². The van der Waals surface area contributed by atoms with Crippen LogP contribution in [0.15, 0.2) is 5.38 Å². The molecule has 0 fully saturated rings. The number of nitrogens with zero attached hydrogens (tertiary/aromatic N) is 2. The fraction of sp³-hybridized carbons (Fsp3) is 0.692. The van der Waals surface area contributed by atoms with Crippen LogP contribution in [0.3, 0.4) is 0 Å². The van der Waals surface area contributed by atoms with E-state index in [2.05, 4.69) is 43.0 Å². The monoisotopic (exact) mass is 270 g/mol. The zero-order chi connectivity index (χ0) is 13.7. The van der Waals surface area contributed by atoms with Gasteiger partial charge in [0.2, 0.25) is 0 Å². The molecule has 0 aliphatic heterocycles. The van der Waals surface area contributed by atoms with E-state index >= 15 is 0 Å². The largest absolute Gasteiger partial charge is 0.481 e. The molecule has 0 aromatic carbocycles. The van der Waals surface area contributed by atoms with Crippen LogP contribution in [0.25, 0.3) is 0 Å². The second kappa shape index (κ2) is 6.73. The molecule has 102 valence electrons. The highest BCUT2D eigenvalue weighted by molar-refractivity contribution is 7.13. The summed E-state index contributed by atoms with van der Waals surface area (Å²) in [7, 11) is 0. The Hall–Kier alpha value is -1.10. The summed E-state index contributed by atoms with van der Waals surface area (Å²) in [5.74, 6) is 0.143. The van der Waals surface area contributed by atoms with E-state index in [4.69, 9.17) is 5.11 Å². The number of rotatable bonds is 7. The predicted octanol–water partition coefficient (Wildman–Crippen LogP) is 3.20. The molecule has 0 amide bonds. The minimum Gasteiger partial charge on any atom is -0.481 e. The first-order valence-electron chi connectivity index (χ1n) is 6.32. The molecule has 1 heterocycles. The third kappa shape index (κ3) is 4.64. The zero-order valence-electron chi connectivity index (χ0n) is 11.5. The third-order valence-corrected chi connectivity index (χ3v) is 3.47. The quantitative estimate of drug-likeness (QED) is 0.826. The van der Waals surface area contributed by atoms with Gasteiger partial charge in [-0.15, -0.1) is 11.3 Å². The van der Waals surface area contributed by atoms with E-state index < -0.39 is 5.97 Å². The molecule has 0 radical (unpaired) electrons. The Labute approximate surface area is 113 Å². The summed E-state index contributed by atoms with van der Waals surface area (Å²) in [6, 6.07) is 0. The van der Waals surface area contributed by atoms with Gasteiger partial charge in [-0.25, -0.2) is 4.98 Å². The van der Waals surface area contributed by atoms with Crippen molar-refractivity contribution < 1.29 is 9.90 Å². The maximum atomic E-state index is 10.7. The Kier molecular flexibility index (Phi) is 5.59. The van der Waals surface area contributed by atoms with Gasteiger partial charge in [0.15, 0.2) is 5.13 Å². The van der Waals surface area contributed by atoms with Crippen molar-refractivity contribution in [2.75, 3.05) is 18.0 Å². The number of thiazole rings is 1. The molecular formula is C13H22N2O2S. The molecule has 0 bridgehead atoms. The van der Waals surface area contributed by atoms with Gasteiger partial charge in [-0.3, -0.25) is 4.79 Å². The van der Waals surface area contributed by atoms with E-state index in [1.54, 1.807) is 11.3 Å². The van der Waals surface area contributed by atoms with Crippen molar-refractivity contribution in [3.8, 4) is 0 Å². The highest BCUT2D eigenvalue weighted by atomic mass is 32.1. The van der Waals surface area contributed by atoms with Gasteiger partial charge in [0, 0.05) is 18.5 Å². The lowest BCUT2D eigenvalue weighted by molar-refractivity contribution is -0.136. The minimum absolute atomic E-state index is 0.156. The van der Waals surface area contributed by atoms with E-state index in [9.17, 15) is 4.79 Å². The first-order valence-corrected chi connectivity index (χ1v) is 7.20. The van der Waals surface area contributed by atoms with Crippen molar-refractivity contribution in [2.24, 2.45) is 5.92 Å². The Morgan fingerprint density at radius 1 is 1.44 bits per heavy atom. The second-order valence-electron chi connectivity index (χ2n) is 5.19. The number of aliphatic carboxylic acids is 1. The van der Waals surface area contributed by atoms with Crippen LogP contribution < -0.4 is 4.90 Å². The number of aromatic nitrogens is 1. The fourth-order valence-electron chi connectivity index (χ4n) is 1.62. The summed E-state index contributed by atoms with van der Waals surface area (Å²) in [6.07, 6.45) is 0.156. The van der Waals surface area contributed by atoms with Gasteiger partial charge in [-0.1, -0.05) is 27.7 Å². The summed E-state index contributed by atoms with van der Waals surface area (Å²) >= 11 is 1.60. The van der Waals surface area contributed by atoms with Gasteiger partial charge in [0.25, 0.3) is 0 Å². The molecule has 0 unspecified atom stereocenters. The van der Waals surface area contributed by atoms with Crippen molar-refractivity contribution >= 4 is 22.4 Å². The molecule has 0 aliphatic carbocycles. The first kappa shape index (κ1) is 15.0. The lowest BCUT2D eigenvalue weighted by Gasteiger charge is -2.23. The summed E-state index contributed by atoms with van der Waals surface area (Å²) in [4.78, 5) is 17.4. The van der Waals surface area contributed by atoms with Crippen LogP contribution in [0, 0.1) is 5.92 Å². The van der Waals surface area contributed by atoms with Gasteiger partial charge in [0.1, 0.15) is 0 Å². The van der Waals surface area contributed by atoms with Crippen LogP contribution in [-0.2, 0) is 4.79 Å². The maximum Gasteiger partial charge on any atom is 0.305 e. The van der Waals surface area contributed by atoms with Crippen molar-refractivity contribution in [3.63, 3.8) is 0 Å². The van der Waals surface area contributed by atoms with Crippen LogP contribution in [-0.4, -0.2) is 29.1 Å². The normalized spacial score (nSPS) is 11.2. The molecule has 18 heavy (non-hydrogen) atoms. The zero-order valence-corrected chi connectivity index (χ0v) is 12.3. The smallest absolute Gasteiger partial charge is 0.305 e. The summed E-state index contributed by atoms with van der Waals surface area (Å²) < 4.78 is 0. The first-order chi connectivity index (χ1) is 8.40. The van der Waals surface area contributed by atoms with Crippen LogP contribution in [0.1, 0.15) is 45.7 Å². The highest BCUT2D eigenvalue weighted by Crippen LogP contribution is 2.25. The lowest BCUT2D eigenvalue weighted by Crippen LogP contribution is -2.30. The third-order valence-electron chi connectivity index (χ3n) is 2.55. The molecule has 1 rings (SSSR count). The molecule has 0 spiro atoms. The Bertz CT molecular complexity index is 388. The van der Waals surface area contributed by atoms with Crippen molar-refractivity contribution in [2.45, 2.75) is 40.0 Å². The Morgan fingerprint density at radius 3 is 2.56 bits per heavy atom. The van der Waals surface area contributed by atoms with Gasteiger partial charge in [-0.05, 0) is 11.8 Å². The van der Waals surface area contributed by atoms with Crippen LogP contribution in [0.4, 0.5) is 5.13 Å². The molecular weight excluding hydrogens is 248 g/mol. The van der Waals surface area contributed by atoms with E-state index in [0.29, 0.717) is 18.4 Å². The summed E-state index contributed by atoms with van der Waals surface area (Å²) in [5.41, 5.74) is 1.08. The maximum absolute atomic E-state index is 10.7. The van der Waals surface area contributed by atoms with Crippen molar-refractivity contribution in [3.05, 3.63) is 11.1 Å². The Balaban J connectivity index is 2.76. The SMILES string of the molecule is CC(C)CN(CCC(=O)O)c1nc(C(C)C)cs1. The summed E-state index contributed by atoms with van der Waals surface area (Å²) in [6.45, 7) is 9.86. The van der Waals surface area contributed by atoms with E-state index in [1.807, 2.05) is 0 Å². The van der Waals surface area contributed by atoms with Gasteiger partial charge >= 0.3 is 5.97 Å². The molecule has 0 saturated heterocycles. The highest BCUT2D eigenvalue weighted by Gasteiger charge is 2.15. The lowest BCUT2D eigenvalue weighted by atomic mass is 10.2. The standard InChI is InChI=1S/C13H22N2O2S/c1-9(2)7-15(6-5-12(16)17)13-14-11(8-18-13)10(3)4/h8-10H,5-7H2,1-4H3,(H,16,17). The molecule has 1 aromatic heterocycles. The van der Waals surface area contributed by atoms with Crippen LogP contribution in [0.2, 0.25) is 0 Å². The predicted molar refractivity (Wildman–Crippen MR) is 75.5 cm³/mol. The molecule has 0 atom stereocenters. The number of carboxylic acids is 1. The number of anilines is 1. The average Bonchev–Trinajstić information content (AvgIpc) is 2.72. The van der Waals surface area contributed by atoms with Crippen LogP contribution >= 0.6 is 11.3 Å². The fourth-order valence-corrected chi connectivity index (χ4v) is 2.65. The van der Waals surface area contributed by atoms with Crippen molar-refractivity contribution in [1.82, 2.24) is 4.98 Å².